The number of aliphatic carboxylic acids is 1. The van der Waals surface area contributed by atoms with Crippen LogP contribution in [0.3, 0.4) is 0 Å². The highest BCUT2D eigenvalue weighted by atomic mass is 16.4. The lowest BCUT2D eigenvalue weighted by Gasteiger charge is -2.73. The Kier molecular flexibility index (Phi) is 15.7. The molecule has 7 nitrogen and oxygen atoms in total. The quantitative estimate of drug-likeness (QED) is 0.240. The Bertz CT molecular complexity index is 2820. The molecule has 10 fully saturated rings. The van der Waals surface area contributed by atoms with Crippen molar-refractivity contribution in [2.24, 2.45) is 125 Å². The first-order valence-corrected chi connectivity index (χ1v) is 33.7. The van der Waals surface area contributed by atoms with Crippen molar-refractivity contribution in [3.8, 4) is 0 Å². The van der Waals surface area contributed by atoms with Crippen LogP contribution in [0.1, 0.15) is 283 Å². The van der Waals surface area contributed by atoms with Crippen LogP contribution in [0.25, 0.3) is 0 Å². The van der Waals surface area contributed by atoms with Gasteiger partial charge in [-0.3, -0.25) is 9.59 Å². The SMILES string of the molecule is C.CC(=O)[C@]12CC[C@@H](C(C)C)[C@@H]1[C@H]1CC[C@@H]3[C@@]4(C)CC[C@H](c5ccc(C(=O)O)cc5)C(C)(C)[C@@H]4CC[C@@]3(C)[C@]1(C)CC2.CC(C)C1CC[C@]2(C(=O)O)CC[C@]3(C)[C@H](CC[C@@H]4[C@@]5(C)CC[C@H](c6cccc(C(=O)O)c6)C(C)(C)[C@@H]5CC[C@]43C)[C@@H]12. The van der Waals surface area contributed by atoms with E-state index in [1.165, 1.54) is 94.6 Å². The van der Waals surface area contributed by atoms with E-state index in [9.17, 15) is 34.5 Å². The van der Waals surface area contributed by atoms with Crippen molar-refractivity contribution in [2.75, 3.05) is 0 Å². The van der Waals surface area contributed by atoms with Crippen molar-refractivity contribution in [1.82, 2.24) is 0 Å². The van der Waals surface area contributed by atoms with Crippen LogP contribution in [0.5, 0.6) is 0 Å². The van der Waals surface area contributed by atoms with E-state index >= 15 is 0 Å². The summed E-state index contributed by atoms with van der Waals surface area (Å²) in [5.74, 6) is 6.26. The molecule has 2 aromatic carbocycles. The summed E-state index contributed by atoms with van der Waals surface area (Å²) < 4.78 is 0. The van der Waals surface area contributed by atoms with E-state index in [2.05, 4.69) is 115 Å². The maximum absolute atomic E-state index is 13.4. The summed E-state index contributed by atoms with van der Waals surface area (Å²) in [7, 11) is 0. The van der Waals surface area contributed by atoms with Crippen LogP contribution in [0.4, 0.5) is 0 Å². The number of carboxylic acid groups (broad SMARTS) is 3. The predicted octanol–water partition coefficient (Wildman–Crippen LogP) is 19.7. The first kappa shape index (κ1) is 62.6. The summed E-state index contributed by atoms with van der Waals surface area (Å²) >= 11 is 0. The molecular weight excluding hydrogens is 1020 g/mol. The number of hydrogen-bond donors (Lipinski definition) is 3. The number of ketones is 1. The number of aromatic carboxylic acids is 2. The highest BCUT2D eigenvalue weighted by molar-refractivity contribution is 5.88. The van der Waals surface area contributed by atoms with E-state index in [-0.39, 0.29) is 39.9 Å². The molecule has 0 spiro atoms. The minimum atomic E-state index is -0.844. The van der Waals surface area contributed by atoms with Crippen LogP contribution in [-0.2, 0) is 9.59 Å². The fourth-order valence-corrected chi connectivity index (χ4v) is 26.7. The first-order chi connectivity index (χ1) is 38.3. The van der Waals surface area contributed by atoms with Gasteiger partial charge in [0.05, 0.1) is 16.5 Å². The Balaban J connectivity index is 0.000000183. The molecule has 83 heavy (non-hydrogen) atoms. The highest BCUT2D eigenvalue weighted by Gasteiger charge is 2.74. The topological polar surface area (TPSA) is 129 Å². The Morgan fingerprint density at radius 1 is 0.434 bits per heavy atom. The number of carbonyl (C=O) groups is 4. The van der Waals surface area contributed by atoms with Crippen LogP contribution < -0.4 is 0 Å². The highest BCUT2D eigenvalue weighted by Crippen LogP contribution is 2.81. The van der Waals surface area contributed by atoms with Crippen molar-refractivity contribution in [2.45, 2.75) is 252 Å². The monoisotopic (exact) mass is 1140 g/mol. The molecule has 0 aliphatic heterocycles. The average Bonchev–Trinajstić information content (AvgIpc) is 3.97. The van der Waals surface area contributed by atoms with Gasteiger partial charge in [0, 0.05) is 5.41 Å². The molecule has 10 aliphatic rings. The molecule has 10 aliphatic carbocycles. The third kappa shape index (κ3) is 8.65. The van der Waals surface area contributed by atoms with Gasteiger partial charge in [-0.2, -0.15) is 0 Å². The second kappa shape index (κ2) is 20.8. The molecule has 0 radical (unpaired) electrons. The molecule has 7 heteroatoms. The molecule has 0 bridgehead atoms. The van der Waals surface area contributed by atoms with Crippen molar-refractivity contribution >= 4 is 23.7 Å². The van der Waals surface area contributed by atoms with Crippen LogP contribution in [0.15, 0.2) is 48.5 Å². The van der Waals surface area contributed by atoms with Gasteiger partial charge in [0.2, 0.25) is 0 Å². The molecule has 12 rings (SSSR count). The van der Waals surface area contributed by atoms with E-state index < -0.39 is 23.3 Å². The first-order valence-electron chi connectivity index (χ1n) is 33.7. The van der Waals surface area contributed by atoms with Crippen LogP contribution in [0.2, 0.25) is 0 Å². The lowest BCUT2D eigenvalue weighted by atomic mass is 9.31. The summed E-state index contributed by atoms with van der Waals surface area (Å²) in [6.45, 7) is 37.3. The smallest absolute Gasteiger partial charge is 0.335 e. The fraction of sp³-hybridized carbons (Fsp3) is 0.789. The summed E-state index contributed by atoms with van der Waals surface area (Å²) in [5.41, 5.74) is 4.59. The Hall–Kier alpha value is -3.48. The number of hydrogen-bond acceptors (Lipinski definition) is 4. The van der Waals surface area contributed by atoms with Crippen LogP contribution >= 0.6 is 0 Å². The average molecular weight is 1140 g/mol. The van der Waals surface area contributed by atoms with E-state index in [0.29, 0.717) is 110 Å². The summed E-state index contributed by atoms with van der Waals surface area (Å²) in [4.78, 5) is 49.6. The predicted molar refractivity (Wildman–Crippen MR) is 335 cm³/mol. The third-order valence-corrected chi connectivity index (χ3v) is 31.0. The van der Waals surface area contributed by atoms with Crippen LogP contribution in [-0.4, -0.2) is 39.0 Å². The normalized spacial score (nSPS) is 46.1. The maximum Gasteiger partial charge on any atom is 0.335 e. The minimum absolute atomic E-state index is 0. The number of Topliss-reactive ketones (excluding diaryl/α,β-unsaturated/α-hetero) is 1. The van der Waals surface area contributed by atoms with Crippen molar-refractivity contribution in [3.63, 3.8) is 0 Å². The summed E-state index contributed by atoms with van der Waals surface area (Å²) in [6.07, 6.45) is 23.5. The van der Waals surface area contributed by atoms with E-state index in [1.54, 1.807) is 18.2 Å². The Morgan fingerprint density at radius 3 is 1.30 bits per heavy atom. The lowest BCUT2D eigenvalue weighted by Crippen LogP contribution is -2.66. The van der Waals surface area contributed by atoms with E-state index in [4.69, 9.17) is 0 Å². The van der Waals surface area contributed by atoms with Crippen molar-refractivity contribution in [3.05, 3.63) is 70.8 Å². The maximum atomic E-state index is 13.4. The molecule has 3 N–H and O–H groups in total. The number of benzene rings is 2. The van der Waals surface area contributed by atoms with Gasteiger partial charge in [0.25, 0.3) is 0 Å². The molecule has 0 saturated heterocycles. The zero-order valence-corrected chi connectivity index (χ0v) is 53.8. The zero-order valence-electron chi connectivity index (χ0n) is 53.8. The van der Waals surface area contributed by atoms with Gasteiger partial charge in [-0.05, 0) is 297 Å². The van der Waals surface area contributed by atoms with E-state index in [0.717, 1.165) is 50.9 Å². The third-order valence-electron chi connectivity index (χ3n) is 31.0. The number of rotatable bonds is 8. The largest absolute Gasteiger partial charge is 0.481 e. The van der Waals surface area contributed by atoms with Gasteiger partial charge in [-0.25, -0.2) is 9.59 Å². The second-order valence-corrected chi connectivity index (χ2v) is 34.1. The van der Waals surface area contributed by atoms with Crippen molar-refractivity contribution < 1.29 is 34.5 Å². The van der Waals surface area contributed by atoms with Gasteiger partial charge in [-0.15, -0.1) is 0 Å². The molecule has 0 heterocycles. The van der Waals surface area contributed by atoms with E-state index in [1.807, 2.05) is 19.1 Å². The fourth-order valence-electron chi connectivity index (χ4n) is 26.7. The lowest BCUT2D eigenvalue weighted by molar-refractivity contribution is -0.241. The van der Waals surface area contributed by atoms with Gasteiger partial charge < -0.3 is 15.3 Å². The van der Waals surface area contributed by atoms with Crippen molar-refractivity contribution in [1.29, 1.82) is 0 Å². The van der Waals surface area contributed by atoms with Gasteiger partial charge in [-0.1, -0.05) is 129 Å². The van der Waals surface area contributed by atoms with Gasteiger partial charge in [0.15, 0.2) is 0 Å². The number of carboxylic acids is 3. The minimum Gasteiger partial charge on any atom is -0.481 e. The zero-order chi connectivity index (χ0) is 59.5. The number of fused-ring (bicyclic) bond motifs is 14. The Morgan fingerprint density at radius 2 is 0.867 bits per heavy atom. The molecule has 10 saturated carbocycles. The molecule has 460 valence electrons. The molecule has 0 amide bonds. The van der Waals surface area contributed by atoms with Gasteiger partial charge in [0.1, 0.15) is 5.78 Å². The molecule has 0 aromatic heterocycles. The standard InChI is InChI=1S/C38H56O3.C37H54O4.CH4/c1-23(2)27-15-20-38(24(3)39)22-21-36(7)29(32(27)38)13-14-31-35(6)18-16-28(25-9-11-26(12-10-25)33(40)41)34(4,5)30(35)17-19-37(31,36)8;1-22(2)25-13-18-37(32(40)41)20-19-35(6)27(30(25)37)11-12-29-34(5)16-14-26(23-9-8-10-24(21-23)31(38)39)33(3,4)28(34)15-17-36(29,35)7;/h9-12,23,27-32H,13-22H2,1-8H3,(H,40,41);8-10,21-22,25-30H,11-20H2,1-7H3,(H,38,39)(H,40,41);1H4/t27-,28+,29+,30-,31+,32+,35-,36+,37+,38+;25?,26-,27-,28+,29-,30-,34+,35-,36-,37+;/m01./s1. The molecule has 2 aromatic rings. The van der Waals surface area contributed by atoms with Gasteiger partial charge >= 0.3 is 17.9 Å². The van der Waals surface area contributed by atoms with Crippen LogP contribution in [0, 0.1) is 125 Å². The summed E-state index contributed by atoms with van der Waals surface area (Å²) in [6, 6.07) is 15.5. The number of carbonyl (C=O) groups excluding carboxylic acids is 1. The molecule has 1 unspecified atom stereocenters. The second-order valence-electron chi connectivity index (χ2n) is 34.1. The Labute approximate surface area is 503 Å². The molecular formula is C76H114O7. The summed E-state index contributed by atoms with van der Waals surface area (Å²) in [5, 5.41) is 29.7. The molecule has 20 atom stereocenters.